The van der Waals surface area contributed by atoms with Gasteiger partial charge < -0.3 is 0 Å². The summed E-state index contributed by atoms with van der Waals surface area (Å²) in [6.07, 6.45) is 8.55. The van der Waals surface area contributed by atoms with Crippen LogP contribution in [0.1, 0.15) is 78.7 Å². The highest BCUT2D eigenvalue weighted by Crippen LogP contribution is 2.45. The molecule has 0 N–H and O–H groups in total. The summed E-state index contributed by atoms with van der Waals surface area (Å²) in [5.74, 6) is 0.971. The molecule has 1 heteroatoms. The number of likely N-dealkylation sites (tertiary alicyclic amines) is 1. The molecule has 2 aliphatic rings. The maximum atomic E-state index is 3.00. The molecular formula is C24H43N. The molecule has 1 nitrogen and oxygen atoms in total. The number of nitrogens with zero attached hydrogens (tertiary/aromatic N) is 1. The third-order valence-electron chi connectivity index (χ3n) is 5.10. The zero-order valence-corrected chi connectivity index (χ0v) is 17.7. The van der Waals surface area contributed by atoms with Crippen LogP contribution in [0.4, 0.5) is 0 Å². The summed E-state index contributed by atoms with van der Waals surface area (Å²) < 4.78 is 0. The Morgan fingerprint density at radius 2 is 1.52 bits per heavy atom. The summed E-state index contributed by atoms with van der Waals surface area (Å²) >= 11 is 0. The van der Waals surface area contributed by atoms with Gasteiger partial charge >= 0.3 is 0 Å². The maximum Gasteiger partial charge on any atom is 0.0233 e. The quantitative estimate of drug-likeness (QED) is 0.507. The summed E-state index contributed by atoms with van der Waals surface area (Å²) in [6, 6.07) is 10.9. The minimum absolute atomic E-state index is 0.682. The SMILES string of the molecule is C=C.CC.CC1CCC2(CC1)CCN(Cc1ccccc1)C2.CCC. The molecule has 1 spiro atoms. The minimum atomic E-state index is 0.682. The van der Waals surface area contributed by atoms with Crippen LogP contribution in [-0.2, 0) is 6.54 Å². The standard InChI is InChI=1S/C17H25N.C3H8.C2H6.C2H4/c1-15-7-9-17(10-8-15)11-12-18(14-17)13-16-5-3-2-4-6-16;1-3-2;2*1-2/h2-6,15H,7-14H2,1H3;3H2,1-2H3;1-2H3;1-2H2. The lowest BCUT2D eigenvalue weighted by Gasteiger charge is -2.36. The van der Waals surface area contributed by atoms with Crippen molar-refractivity contribution in [1.29, 1.82) is 0 Å². The first-order valence-electron chi connectivity index (χ1n) is 10.4. The molecule has 0 radical (unpaired) electrons. The summed E-state index contributed by atoms with van der Waals surface area (Å²) in [5.41, 5.74) is 2.15. The number of hydrogen-bond donors (Lipinski definition) is 0. The van der Waals surface area contributed by atoms with Gasteiger partial charge in [-0.1, -0.05) is 84.2 Å². The average molecular weight is 346 g/mol. The Labute approximate surface area is 158 Å². The fourth-order valence-corrected chi connectivity index (χ4v) is 3.79. The van der Waals surface area contributed by atoms with Gasteiger partial charge in [-0.15, -0.1) is 13.2 Å². The topological polar surface area (TPSA) is 3.24 Å². The summed E-state index contributed by atoms with van der Waals surface area (Å²) in [7, 11) is 0. The van der Waals surface area contributed by atoms with Gasteiger partial charge in [-0.2, -0.15) is 0 Å². The predicted molar refractivity (Wildman–Crippen MR) is 115 cm³/mol. The molecule has 1 heterocycles. The first kappa shape index (κ1) is 23.9. The summed E-state index contributed by atoms with van der Waals surface area (Å²) in [4.78, 5) is 2.67. The van der Waals surface area contributed by atoms with E-state index in [1.807, 2.05) is 13.8 Å². The molecule has 0 bridgehead atoms. The van der Waals surface area contributed by atoms with Crippen molar-refractivity contribution < 1.29 is 0 Å². The third-order valence-corrected chi connectivity index (χ3v) is 5.10. The van der Waals surface area contributed by atoms with Crippen LogP contribution in [0.15, 0.2) is 43.5 Å². The van der Waals surface area contributed by atoms with Crippen LogP contribution in [0.25, 0.3) is 0 Å². The van der Waals surface area contributed by atoms with Crippen molar-refractivity contribution in [3.8, 4) is 0 Å². The first-order chi connectivity index (χ1) is 12.2. The maximum absolute atomic E-state index is 3.00. The third kappa shape index (κ3) is 8.72. The van der Waals surface area contributed by atoms with Gasteiger partial charge in [0.15, 0.2) is 0 Å². The highest BCUT2D eigenvalue weighted by atomic mass is 15.2. The van der Waals surface area contributed by atoms with Crippen molar-refractivity contribution in [2.24, 2.45) is 11.3 Å². The van der Waals surface area contributed by atoms with E-state index in [-0.39, 0.29) is 0 Å². The molecule has 1 saturated heterocycles. The number of benzene rings is 1. The van der Waals surface area contributed by atoms with Crippen LogP contribution in [0, 0.1) is 11.3 Å². The van der Waals surface area contributed by atoms with Crippen LogP contribution in [0.3, 0.4) is 0 Å². The Morgan fingerprint density at radius 1 is 1.00 bits per heavy atom. The van der Waals surface area contributed by atoms with Gasteiger partial charge in [0.1, 0.15) is 0 Å². The Bertz CT molecular complexity index is 403. The molecule has 0 aromatic heterocycles. The Hall–Kier alpha value is -1.08. The molecule has 0 unspecified atom stereocenters. The molecule has 1 aromatic rings. The van der Waals surface area contributed by atoms with Crippen molar-refractivity contribution in [3.05, 3.63) is 49.1 Å². The largest absolute Gasteiger partial charge is 0.299 e. The van der Waals surface area contributed by atoms with Gasteiger partial charge in [-0.05, 0) is 42.7 Å². The molecule has 1 aliphatic heterocycles. The van der Waals surface area contributed by atoms with E-state index in [2.05, 4.69) is 69.2 Å². The number of rotatable bonds is 2. The van der Waals surface area contributed by atoms with Crippen molar-refractivity contribution in [3.63, 3.8) is 0 Å². The minimum Gasteiger partial charge on any atom is -0.299 e. The van der Waals surface area contributed by atoms with Crippen LogP contribution in [-0.4, -0.2) is 18.0 Å². The van der Waals surface area contributed by atoms with Crippen molar-refractivity contribution >= 4 is 0 Å². The van der Waals surface area contributed by atoms with Crippen LogP contribution in [0.5, 0.6) is 0 Å². The molecular weight excluding hydrogens is 302 g/mol. The van der Waals surface area contributed by atoms with Gasteiger partial charge in [-0.25, -0.2) is 0 Å². The van der Waals surface area contributed by atoms with E-state index in [0.717, 1.165) is 12.5 Å². The second-order valence-corrected chi connectivity index (χ2v) is 7.34. The highest BCUT2D eigenvalue weighted by Gasteiger charge is 2.39. The van der Waals surface area contributed by atoms with Crippen LogP contribution in [0.2, 0.25) is 0 Å². The van der Waals surface area contributed by atoms with Gasteiger partial charge in [0, 0.05) is 13.1 Å². The van der Waals surface area contributed by atoms with E-state index in [9.17, 15) is 0 Å². The fourth-order valence-electron chi connectivity index (χ4n) is 3.79. The Kier molecular flexibility index (Phi) is 13.5. The molecule has 1 aromatic carbocycles. The lowest BCUT2D eigenvalue weighted by molar-refractivity contribution is 0.155. The lowest BCUT2D eigenvalue weighted by Crippen LogP contribution is -2.30. The highest BCUT2D eigenvalue weighted by molar-refractivity contribution is 5.14. The number of hydrogen-bond acceptors (Lipinski definition) is 1. The molecule has 0 atom stereocenters. The average Bonchev–Trinajstić information content (AvgIpc) is 3.05. The first-order valence-corrected chi connectivity index (χ1v) is 10.4. The van der Waals surface area contributed by atoms with E-state index >= 15 is 0 Å². The molecule has 0 amide bonds. The monoisotopic (exact) mass is 345 g/mol. The lowest BCUT2D eigenvalue weighted by atomic mass is 9.70. The molecule has 3 rings (SSSR count). The van der Waals surface area contributed by atoms with Crippen molar-refractivity contribution in [1.82, 2.24) is 4.90 Å². The van der Waals surface area contributed by atoms with E-state index in [0.29, 0.717) is 5.41 Å². The van der Waals surface area contributed by atoms with Gasteiger partial charge in [-0.3, -0.25) is 4.90 Å². The van der Waals surface area contributed by atoms with E-state index < -0.39 is 0 Å². The van der Waals surface area contributed by atoms with E-state index in [1.165, 1.54) is 57.2 Å². The van der Waals surface area contributed by atoms with Gasteiger partial charge in [0.25, 0.3) is 0 Å². The summed E-state index contributed by atoms with van der Waals surface area (Å²) in [5, 5.41) is 0. The zero-order chi connectivity index (χ0) is 19.1. The molecule has 25 heavy (non-hydrogen) atoms. The van der Waals surface area contributed by atoms with Crippen LogP contribution < -0.4 is 0 Å². The van der Waals surface area contributed by atoms with E-state index in [1.54, 1.807) is 0 Å². The molecule has 2 fully saturated rings. The molecule has 1 aliphatic carbocycles. The normalized spacial score (nSPS) is 24.9. The van der Waals surface area contributed by atoms with Crippen molar-refractivity contribution in [2.45, 2.75) is 79.7 Å². The predicted octanol–water partition coefficient (Wildman–Crippen LogP) is 7.33. The summed E-state index contributed by atoms with van der Waals surface area (Å²) in [6.45, 7) is 20.5. The second-order valence-electron chi connectivity index (χ2n) is 7.34. The zero-order valence-electron chi connectivity index (χ0n) is 17.7. The smallest absolute Gasteiger partial charge is 0.0233 e. The van der Waals surface area contributed by atoms with Crippen LogP contribution >= 0.6 is 0 Å². The fraction of sp³-hybridized carbons (Fsp3) is 0.667. The van der Waals surface area contributed by atoms with Crippen molar-refractivity contribution in [2.75, 3.05) is 13.1 Å². The Morgan fingerprint density at radius 3 is 2.04 bits per heavy atom. The Balaban J connectivity index is 0.000000728. The van der Waals surface area contributed by atoms with Gasteiger partial charge in [0.05, 0.1) is 0 Å². The van der Waals surface area contributed by atoms with E-state index in [4.69, 9.17) is 0 Å². The molecule has 144 valence electrons. The molecule has 1 saturated carbocycles. The second kappa shape index (κ2) is 14.1. The van der Waals surface area contributed by atoms with Gasteiger partial charge in [0.2, 0.25) is 0 Å².